The molecule has 1 aliphatic heterocycles. The summed E-state index contributed by atoms with van der Waals surface area (Å²) in [5, 5.41) is 2.82. The summed E-state index contributed by atoms with van der Waals surface area (Å²) in [6.07, 6.45) is 5.15. The number of ketones is 1. The smallest absolute Gasteiger partial charge is 0.238 e. The minimum Gasteiger partial charge on any atom is -0.368 e. The average Bonchev–Trinajstić information content (AvgIpc) is 2.94. The first-order chi connectivity index (χ1) is 12.0. The Morgan fingerprint density at radius 3 is 2.64 bits per heavy atom. The van der Waals surface area contributed by atoms with Gasteiger partial charge >= 0.3 is 0 Å². The van der Waals surface area contributed by atoms with Crippen LogP contribution in [0.15, 0.2) is 24.3 Å². The Balaban J connectivity index is 1.73. The van der Waals surface area contributed by atoms with Crippen molar-refractivity contribution in [3.63, 3.8) is 0 Å². The van der Waals surface area contributed by atoms with Crippen molar-refractivity contribution in [3.05, 3.63) is 29.8 Å². The molecule has 1 heterocycles. The molecule has 1 saturated carbocycles. The normalized spacial score (nSPS) is 26.0. The predicted molar refractivity (Wildman–Crippen MR) is 95.1 cm³/mol. The molecular weight excluding hydrogens is 318 g/mol. The zero-order valence-corrected chi connectivity index (χ0v) is 14.5. The lowest BCUT2D eigenvalue weighted by Crippen LogP contribution is -2.48. The molecule has 2 fully saturated rings. The Morgan fingerprint density at radius 1 is 1.20 bits per heavy atom. The molecule has 2 amide bonds. The molecule has 2 aliphatic rings. The van der Waals surface area contributed by atoms with Crippen molar-refractivity contribution in [2.24, 2.45) is 11.7 Å². The van der Waals surface area contributed by atoms with Gasteiger partial charge in [-0.1, -0.05) is 25.0 Å². The number of anilines is 1. The lowest BCUT2D eigenvalue weighted by atomic mass is 9.84. The molecule has 3 atom stereocenters. The Labute approximate surface area is 147 Å². The Hall–Kier alpha value is -2.21. The molecule has 1 aromatic carbocycles. The Bertz CT molecular complexity index is 688. The molecule has 6 nitrogen and oxygen atoms in total. The van der Waals surface area contributed by atoms with E-state index < -0.39 is 0 Å². The first-order valence-corrected chi connectivity index (χ1v) is 8.92. The topological polar surface area (TPSA) is 92.5 Å². The first-order valence-electron chi connectivity index (χ1n) is 8.92. The molecule has 0 bridgehead atoms. The van der Waals surface area contributed by atoms with Crippen LogP contribution < -0.4 is 11.1 Å². The van der Waals surface area contributed by atoms with Crippen molar-refractivity contribution >= 4 is 23.3 Å². The van der Waals surface area contributed by atoms with Crippen molar-refractivity contribution in [2.75, 3.05) is 11.9 Å². The molecule has 0 unspecified atom stereocenters. The number of nitrogens with one attached hydrogen (secondary N) is 1. The van der Waals surface area contributed by atoms with E-state index in [0.717, 1.165) is 25.7 Å². The molecule has 25 heavy (non-hydrogen) atoms. The summed E-state index contributed by atoms with van der Waals surface area (Å²) in [6, 6.07) is 6.83. The van der Waals surface area contributed by atoms with Crippen LogP contribution in [0.3, 0.4) is 0 Å². The highest BCUT2D eigenvalue weighted by atomic mass is 16.2. The van der Waals surface area contributed by atoms with Crippen molar-refractivity contribution in [3.8, 4) is 0 Å². The Morgan fingerprint density at radius 2 is 1.92 bits per heavy atom. The second kappa shape index (κ2) is 7.35. The largest absolute Gasteiger partial charge is 0.368 e. The molecule has 3 rings (SSSR count). The van der Waals surface area contributed by atoms with Crippen LogP contribution in [0.4, 0.5) is 5.69 Å². The summed E-state index contributed by atoms with van der Waals surface area (Å²) in [6.45, 7) is 1.60. The fraction of sp³-hybridized carbons (Fsp3) is 0.526. The number of primary amides is 1. The number of benzene rings is 1. The van der Waals surface area contributed by atoms with Crippen LogP contribution in [-0.4, -0.2) is 41.1 Å². The summed E-state index contributed by atoms with van der Waals surface area (Å²) in [5.41, 5.74) is 6.57. The van der Waals surface area contributed by atoms with E-state index in [0.29, 0.717) is 17.2 Å². The number of likely N-dealkylation sites (tertiary alicyclic amines) is 1. The standard InChI is InChI=1S/C19H25N3O3/c1-12(23)14-7-3-4-8-15(14)21-18(24)11-22-16-9-5-2-6-13(16)10-17(22)19(20)25/h3-4,7-8,13,16-17H,2,5-6,9-11H2,1H3,(H2,20,25)(H,21,24)/t13-,16-,17-/m0/s1. The SMILES string of the molecule is CC(=O)c1ccccc1NC(=O)CN1[C@H](C(N)=O)C[C@@H]2CCCC[C@@H]21. The van der Waals surface area contributed by atoms with Gasteiger partial charge < -0.3 is 11.1 Å². The summed E-state index contributed by atoms with van der Waals surface area (Å²) in [5.74, 6) is -0.222. The predicted octanol–water partition coefficient (Wildman–Crippen LogP) is 1.95. The third-order valence-corrected chi connectivity index (χ3v) is 5.46. The average molecular weight is 343 g/mol. The highest BCUT2D eigenvalue weighted by Crippen LogP contribution is 2.39. The summed E-state index contributed by atoms with van der Waals surface area (Å²) >= 11 is 0. The van der Waals surface area contributed by atoms with E-state index in [4.69, 9.17) is 5.73 Å². The van der Waals surface area contributed by atoms with Gasteiger partial charge in [-0.2, -0.15) is 0 Å². The third kappa shape index (κ3) is 3.74. The van der Waals surface area contributed by atoms with Gasteiger partial charge in [-0.25, -0.2) is 0 Å². The van der Waals surface area contributed by atoms with E-state index in [1.54, 1.807) is 24.3 Å². The van der Waals surface area contributed by atoms with Crippen molar-refractivity contribution in [1.29, 1.82) is 0 Å². The number of amides is 2. The zero-order valence-electron chi connectivity index (χ0n) is 14.5. The third-order valence-electron chi connectivity index (χ3n) is 5.46. The molecule has 1 aromatic rings. The monoisotopic (exact) mass is 343 g/mol. The van der Waals surface area contributed by atoms with Gasteiger partial charge in [0, 0.05) is 11.6 Å². The number of para-hydroxylation sites is 1. The fourth-order valence-electron chi connectivity index (χ4n) is 4.31. The Kier molecular flexibility index (Phi) is 5.18. The maximum Gasteiger partial charge on any atom is 0.238 e. The lowest BCUT2D eigenvalue weighted by molar-refractivity contribution is -0.124. The number of rotatable bonds is 5. The van der Waals surface area contributed by atoms with E-state index in [9.17, 15) is 14.4 Å². The second-order valence-electron chi connectivity index (χ2n) is 7.09. The van der Waals surface area contributed by atoms with E-state index in [1.165, 1.54) is 13.3 Å². The molecule has 1 saturated heterocycles. The van der Waals surface area contributed by atoms with Gasteiger partial charge in [0.05, 0.1) is 18.3 Å². The summed E-state index contributed by atoms with van der Waals surface area (Å²) < 4.78 is 0. The second-order valence-corrected chi connectivity index (χ2v) is 7.09. The van der Waals surface area contributed by atoms with Gasteiger partial charge in [0.2, 0.25) is 11.8 Å². The fourth-order valence-corrected chi connectivity index (χ4v) is 4.31. The van der Waals surface area contributed by atoms with Crippen LogP contribution >= 0.6 is 0 Å². The van der Waals surface area contributed by atoms with Crippen LogP contribution in [0.2, 0.25) is 0 Å². The molecule has 134 valence electrons. The van der Waals surface area contributed by atoms with Gasteiger partial charge in [0.1, 0.15) is 0 Å². The molecule has 0 aromatic heterocycles. The molecule has 3 N–H and O–H groups in total. The van der Waals surface area contributed by atoms with E-state index in [2.05, 4.69) is 5.32 Å². The first kappa shape index (κ1) is 17.6. The van der Waals surface area contributed by atoms with E-state index in [-0.39, 0.29) is 36.2 Å². The quantitative estimate of drug-likeness (QED) is 0.799. The van der Waals surface area contributed by atoms with Gasteiger partial charge in [0.25, 0.3) is 0 Å². The van der Waals surface area contributed by atoms with Gasteiger partial charge in [-0.3, -0.25) is 19.3 Å². The summed E-state index contributed by atoms with van der Waals surface area (Å²) in [4.78, 5) is 38.1. The minimum atomic E-state index is -0.373. The van der Waals surface area contributed by atoms with Crippen molar-refractivity contribution in [1.82, 2.24) is 4.90 Å². The highest BCUT2D eigenvalue weighted by Gasteiger charge is 2.44. The number of Topliss-reactive ketones (excluding diaryl/α,β-unsaturated/α-hetero) is 1. The van der Waals surface area contributed by atoms with Gasteiger partial charge in [-0.05, 0) is 44.2 Å². The lowest BCUT2D eigenvalue weighted by Gasteiger charge is -2.32. The molecule has 0 radical (unpaired) electrons. The number of nitrogens with two attached hydrogens (primary N) is 1. The number of carbonyl (C=O) groups excluding carboxylic acids is 3. The molecule has 1 aliphatic carbocycles. The van der Waals surface area contributed by atoms with Gasteiger partial charge in [0.15, 0.2) is 5.78 Å². The van der Waals surface area contributed by atoms with E-state index in [1.807, 2.05) is 4.90 Å². The van der Waals surface area contributed by atoms with Crippen LogP contribution in [-0.2, 0) is 9.59 Å². The number of carbonyl (C=O) groups is 3. The van der Waals surface area contributed by atoms with Gasteiger partial charge in [-0.15, -0.1) is 0 Å². The zero-order chi connectivity index (χ0) is 18.0. The van der Waals surface area contributed by atoms with Crippen molar-refractivity contribution in [2.45, 2.75) is 51.1 Å². The van der Waals surface area contributed by atoms with Crippen molar-refractivity contribution < 1.29 is 14.4 Å². The molecule has 0 spiro atoms. The number of fused-ring (bicyclic) bond motifs is 1. The summed E-state index contributed by atoms with van der Waals surface area (Å²) in [7, 11) is 0. The highest BCUT2D eigenvalue weighted by molar-refractivity contribution is 6.04. The minimum absolute atomic E-state index is 0.0978. The maximum atomic E-state index is 12.6. The van der Waals surface area contributed by atoms with E-state index >= 15 is 0 Å². The van der Waals surface area contributed by atoms with Crippen LogP contribution in [0, 0.1) is 5.92 Å². The number of hydrogen-bond acceptors (Lipinski definition) is 4. The molecular formula is C19H25N3O3. The van der Waals surface area contributed by atoms with Crippen LogP contribution in [0.1, 0.15) is 49.4 Å². The number of nitrogens with zero attached hydrogens (tertiary/aromatic N) is 1. The van der Waals surface area contributed by atoms with Crippen LogP contribution in [0.25, 0.3) is 0 Å². The van der Waals surface area contributed by atoms with Crippen LogP contribution in [0.5, 0.6) is 0 Å². The maximum absolute atomic E-state index is 12.6. The molecule has 6 heteroatoms. The number of hydrogen-bond donors (Lipinski definition) is 2.